The molecule has 0 atom stereocenters. The van der Waals surface area contributed by atoms with Crippen molar-refractivity contribution in [3.63, 3.8) is 0 Å². The van der Waals surface area contributed by atoms with Crippen LogP contribution in [0.15, 0.2) is 0 Å². The van der Waals surface area contributed by atoms with Gasteiger partial charge in [0.05, 0.1) is 0 Å². The molecule has 0 saturated heterocycles. The van der Waals surface area contributed by atoms with Crippen LogP contribution in [0.1, 0.15) is 0 Å². The molecule has 0 rings (SSSR count). The number of ether oxygens (including phenoxy) is 2. The molecule has 0 aromatic rings. The Balaban J connectivity index is 2.82. The highest BCUT2D eigenvalue weighted by Crippen LogP contribution is 1.70. The fourth-order valence-corrected chi connectivity index (χ4v) is 0.117. The minimum atomic E-state index is -0.818. The number of amides is 1. The van der Waals surface area contributed by atoms with E-state index >= 15 is 0 Å². The van der Waals surface area contributed by atoms with Crippen molar-refractivity contribution in [3.8, 4) is 0 Å². The van der Waals surface area contributed by atoms with E-state index in [9.17, 15) is 4.79 Å². The largest absolute Gasteiger partial charge is 0.423 e. The van der Waals surface area contributed by atoms with Crippen LogP contribution >= 0.6 is 0 Å². The van der Waals surface area contributed by atoms with Crippen LogP contribution in [0, 0.1) is 0 Å². The number of rotatable bonds is 2. The van der Waals surface area contributed by atoms with Crippen molar-refractivity contribution < 1.29 is 14.3 Å². The van der Waals surface area contributed by atoms with Crippen LogP contribution < -0.4 is 5.73 Å². The summed E-state index contributed by atoms with van der Waals surface area (Å²) in [5.74, 6) is 0. The molecule has 7 heavy (non-hydrogen) atoms. The number of primary amides is 1. The summed E-state index contributed by atoms with van der Waals surface area (Å²) in [6.45, 7) is -0.0741. The van der Waals surface area contributed by atoms with Crippen molar-refractivity contribution in [2.75, 3.05) is 13.9 Å². The third-order valence-electron chi connectivity index (χ3n) is 0.319. The Labute approximate surface area is 41.2 Å². The third kappa shape index (κ3) is 5.23. The zero-order valence-electron chi connectivity index (χ0n) is 4.01. The molecule has 0 aromatic heterocycles. The van der Waals surface area contributed by atoms with Gasteiger partial charge in [-0.2, -0.15) is 0 Å². The van der Waals surface area contributed by atoms with Gasteiger partial charge >= 0.3 is 6.09 Å². The summed E-state index contributed by atoms with van der Waals surface area (Å²) < 4.78 is 8.44. The fraction of sp³-hybridized carbons (Fsp3) is 0.667. The summed E-state index contributed by atoms with van der Waals surface area (Å²) in [5.41, 5.74) is 4.54. The Kier molecular flexibility index (Phi) is 3.04. The van der Waals surface area contributed by atoms with Crippen LogP contribution in [0.5, 0.6) is 0 Å². The van der Waals surface area contributed by atoms with Crippen molar-refractivity contribution in [1.29, 1.82) is 0 Å². The lowest BCUT2D eigenvalue weighted by Crippen LogP contribution is -2.14. The smallest absolute Gasteiger partial charge is 0.406 e. The molecule has 0 radical (unpaired) electrons. The zero-order chi connectivity index (χ0) is 5.70. The number of carbonyl (C=O) groups is 1. The Morgan fingerprint density at radius 3 is 2.57 bits per heavy atom. The molecule has 0 fully saturated rings. The van der Waals surface area contributed by atoms with E-state index in [4.69, 9.17) is 0 Å². The van der Waals surface area contributed by atoms with Crippen molar-refractivity contribution in [2.45, 2.75) is 0 Å². The monoisotopic (exact) mass is 105 g/mol. The van der Waals surface area contributed by atoms with Gasteiger partial charge in [0.15, 0.2) is 6.79 Å². The quantitative estimate of drug-likeness (QED) is 0.490. The molecule has 0 heterocycles. The van der Waals surface area contributed by atoms with Gasteiger partial charge in [-0.05, 0) is 0 Å². The van der Waals surface area contributed by atoms with Gasteiger partial charge in [-0.1, -0.05) is 0 Å². The highest BCUT2D eigenvalue weighted by atomic mass is 16.7. The normalized spacial score (nSPS) is 8.14. The second-order valence-corrected chi connectivity index (χ2v) is 0.870. The van der Waals surface area contributed by atoms with E-state index in [0.29, 0.717) is 0 Å². The summed E-state index contributed by atoms with van der Waals surface area (Å²) in [6.07, 6.45) is -0.818. The second kappa shape index (κ2) is 3.42. The number of nitrogens with two attached hydrogens (primary N) is 1. The van der Waals surface area contributed by atoms with E-state index in [1.54, 1.807) is 0 Å². The Morgan fingerprint density at radius 2 is 2.43 bits per heavy atom. The van der Waals surface area contributed by atoms with Gasteiger partial charge in [-0.15, -0.1) is 0 Å². The molecule has 4 heteroatoms. The molecule has 0 spiro atoms. The van der Waals surface area contributed by atoms with Gasteiger partial charge in [-0.3, -0.25) is 0 Å². The van der Waals surface area contributed by atoms with Crippen molar-refractivity contribution in [2.24, 2.45) is 5.73 Å². The van der Waals surface area contributed by atoms with E-state index in [1.165, 1.54) is 7.11 Å². The van der Waals surface area contributed by atoms with Crippen molar-refractivity contribution >= 4 is 6.09 Å². The van der Waals surface area contributed by atoms with Gasteiger partial charge in [0.1, 0.15) is 0 Å². The lowest BCUT2D eigenvalue weighted by molar-refractivity contribution is 0.0162. The van der Waals surface area contributed by atoms with Crippen LogP contribution in [0.3, 0.4) is 0 Å². The second-order valence-electron chi connectivity index (χ2n) is 0.870. The molecule has 0 aromatic carbocycles. The van der Waals surface area contributed by atoms with Crippen LogP contribution in [-0.2, 0) is 9.47 Å². The maximum absolute atomic E-state index is 9.68. The zero-order valence-corrected chi connectivity index (χ0v) is 4.01. The number of hydrogen-bond acceptors (Lipinski definition) is 3. The number of hydrogen-bond donors (Lipinski definition) is 1. The van der Waals surface area contributed by atoms with E-state index in [1.807, 2.05) is 0 Å². The molecule has 0 aliphatic rings. The maximum Gasteiger partial charge on any atom is 0.406 e. The first-order valence-corrected chi connectivity index (χ1v) is 1.68. The maximum atomic E-state index is 9.68. The molecular weight excluding hydrogens is 98.0 g/mol. The lowest BCUT2D eigenvalue weighted by Gasteiger charge is -1.94. The third-order valence-corrected chi connectivity index (χ3v) is 0.319. The van der Waals surface area contributed by atoms with E-state index in [2.05, 4.69) is 15.2 Å². The standard InChI is InChI=1S/C3H7NO3/c1-6-2-7-3(4)5/h2H2,1H3,(H2,4,5). The van der Waals surface area contributed by atoms with E-state index in [-0.39, 0.29) is 6.79 Å². The van der Waals surface area contributed by atoms with Gasteiger partial charge in [0, 0.05) is 7.11 Å². The molecule has 4 nitrogen and oxygen atoms in total. The molecule has 0 saturated carbocycles. The van der Waals surface area contributed by atoms with Crippen molar-refractivity contribution in [3.05, 3.63) is 0 Å². The Morgan fingerprint density at radius 1 is 1.86 bits per heavy atom. The van der Waals surface area contributed by atoms with Crippen LogP contribution in [0.2, 0.25) is 0 Å². The molecule has 0 unspecified atom stereocenters. The first-order valence-electron chi connectivity index (χ1n) is 1.68. The fourth-order valence-electron chi connectivity index (χ4n) is 0.117. The summed E-state index contributed by atoms with van der Waals surface area (Å²) >= 11 is 0. The number of carbonyl (C=O) groups excluding carboxylic acids is 1. The minimum absolute atomic E-state index is 0.0741. The molecule has 2 N–H and O–H groups in total. The highest BCUT2D eigenvalue weighted by Gasteiger charge is 1.86. The lowest BCUT2D eigenvalue weighted by atomic mass is 11.2. The van der Waals surface area contributed by atoms with E-state index in [0.717, 1.165) is 0 Å². The van der Waals surface area contributed by atoms with Gasteiger partial charge in [0.25, 0.3) is 0 Å². The van der Waals surface area contributed by atoms with Crippen LogP contribution in [0.4, 0.5) is 4.79 Å². The molecule has 0 bridgehead atoms. The van der Waals surface area contributed by atoms with E-state index < -0.39 is 6.09 Å². The first-order chi connectivity index (χ1) is 3.27. The molecule has 42 valence electrons. The van der Waals surface area contributed by atoms with Gasteiger partial charge in [-0.25, -0.2) is 4.79 Å². The predicted molar refractivity (Wildman–Crippen MR) is 22.5 cm³/mol. The summed E-state index contributed by atoms with van der Waals surface area (Å²) in [4.78, 5) is 9.68. The molecule has 0 aliphatic heterocycles. The SMILES string of the molecule is COCOC(N)=O. The Hall–Kier alpha value is -0.770. The topological polar surface area (TPSA) is 61.6 Å². The molecule has 0 aliphatic carbocycles. The first kappa shape index (κ1) is 6.23. The molecular formula is C3H7NO3. The summed E-state index contributed by atoms with van der Waals surface area (Å²) in [5, 5.41) is 0. The van der Waals surface area contributed by atoms with Crippen LogP contribution in [-0.4, -0.2) is 20.0 Å². The molecule has 1 amide bonds. The van der Waals surface area contributed by atoms with Crippen molar-refractivity contribution in [1.82, 2.24) is 0 Å². The Bertz CT molecular complexity index is 63.2. The minimum Gasteiger partial charge on any atom is -0.423 e. The predicted octanol–water partition coefficient (Wildman–Crippen LogP) is -0.314. The van der Waals surface area contributed by atoms with Gasteiger partial charge < -0.3 is 15.2 Å². The summed E-state index contributed by atoms with van der Waals surface area (Å²) in [7, 11) is 1.41. The van der Waals surface area contributed by atoms with Crippen LogP contribution in [0.25, 0.3) is 0 Å². The summed E-state index contributed by atoms with van der Waals surface area (Å²) in [6, 6.07) is 0. The number of methoxy groups -OCH3 is 1. The average Bonchev–Trinajstić information content (AvgIpc) is 1.61. The highest BCUT2D eigenvalue weighted by molar-refractivity contribution is 5.64. The average molecular weight is 105 g/mol. The van der Waals surface area contributed by atoms with Gasteiger partial charge in [0.2, 0.25) is 0 Å².